The molecule has 0 amide bonds. The van der Waals surface area contributed by atoms with Gasteiger partial charge in [-0.05, 0) is 31.0 Å². The zero-order valence-corrected chi connectivity index (χ0v) is 10.9. The normalized spacial score (nSPS) is 18.9. The summed E-state index contributed by atoms with van der Waals surface area (Å²) in [6.45, 7) is 0.196. The topological polar surface area (TPSA) is 43.1 Å². The van der Waals surface area contributed by atoms with Gasteiger partial charge in [0, 0.05) is 12.0 Å². The summed E-state index contributed by atoms with van der Waals surface area (Å²) in [5.74, 6) is -1.59. The van der Waals surface area contributed by atoms with Crippen molar-refractivity contribution in [3.63, 3.8) is 0 Å². The molecular weight excluding hydrogens is 248 g/mol. The number of carbonyl (C=O) groups excluding carboxylic acids is 1. The number of hydrogen-bond acceptors (Lipinski definition) is 2. The fourth-order valence-electron chi connectivity index (χ4n) is 2.89. The minimum absolute atomic E-state index is 0.160. The van der Waals surface area contributed by atoms with Gasteiger partial charge >= 0.3 is 0 Å². The molecule has 2 nitrogen and oxygen atoms in total. The SMILES string of the molecule is NCC1(C(=O)c2cc(F)ccc2F)CCCCCC1. The van der Waals surface area contributed by atoms with Crippen molar-refractivity contribution < 1.29 is 13.6 Å². The molecule has 0 aliphatic heterocycles. The van der Waals surface area contributed by atoms with Crippen LogP contribution in [0.3, 0.4) is 0 Å². The third kappa shape index (κ3) is 2.84. The van der Waals surface area contributed by atoms with Crippen molar-refractivity contribution in [2.45, 2.75) is 38.5 Å². The number of hydrogen-bond donors (Lipinski definition) is 1. The second kappa shape index (κ2) is 5.78. The van der Waals surface area contributed by atoms with Crippen molar-refractivity contribution in [2.24, 2.45) is 11.1 Å². The molecule has 1 aliphatic carbocycles. The van der Waals surface area contributed by atoms with Crippen molar-refractivity contribution in [1.29, 1.82) is 0 Å². The van der Waals surface area contributed by atoms with Crippen molar-refractivity contribution >= 4 is 5.78 Å². The first-order valence-electron chi connectivity index (χ1n) is 6.79. The highest BCUT2D eigenvalue weighted by molar-refractivity contribution is 6.01. The van der Waals surface area contributed by atoms with Crippen LogP contribution in [-0.2, 0) is 0 Å². The second-order valence-corrected chi connectivity index (χ2v) is 5.35. The summed E-state index contributed by atoms with van der Waals surface area (Å²) in [6.07, 6.45) is 5.30. The first-order chi connectivity index (χ1) is 9.09. The molecule has 1 aliphatic rings. The summed E-state index contributed by atoms with van der Waals surface area (Å²) in [4.78, 5) is 12.6. The summed E-state index contributed by atoms with van der Waals surface area (Å²) in [6, 6.07) is 3.01. The van der Waals surface area contributed by atoms with Gasteiger partial charge in [0.25, 0.3) is 0 Å². The van der Waals surface area contributed by atoms with Crippen LogP contribution < -0.4 is 5.73 Å². The molecule has 1 aromatic carbocycles. The molecule has 0 unspecified atom stereocenters. The van der Waals surface area contributed by atoms with Gasteiger partial charge in [0.2, 0.25) is 0 Å². The van der Waals surface area contributed by atoms with E-state index >= 15 is 0 Å². The number of Topliss-reactive ketones (excluding diaryl/α,β-unsaturated/α-hetero) is 1. The van der Waals surface area contributed by atoms with E-state index in [-0.39, 0.29) is 17.9 Å². The predicted molar refractivity (Wildman–Crippen MR) is 69.9 cm³/mol. The Morgan fingerprint density at radius 2 is 1.79 bits per heavy atom. The van der Waals surface area contributed by atoms with Gasteiger partial charge in [0.05, 0.1) is 5.56 Å². The lowest BCUT2D eigenvalue weighted by Gasteiger charge is -2.29. The minimum Gasteiger partial charge on any atom is -0.329 e. The molecule has 1 saturated carbocycles. The quantitative estimate of drug-likeness (QED) is 0.673. The summed E-state index contributed by atoms with van der Waals surface area (Å²) in [5.41, 5.74) is 4.92. The average molecular weight is 267 g/mol. The predicted octanol–water partition coefficient (Wildman–Crippen LogP) is 3.45. The Labute approximate surface area is 112 Å². The first-order valence-corrected chi connectivity index (χ1v) is 6.79. The van der Waals surface area contributed by atoms with Crippen LogP contribution in [0.15, 0.2) is 18.2 Å². The zero-order chi connectivity index (χ0) is 13.9. The first kappa shape index (κ1) is 14.1. The molecule has 2 rings (SSSR count). The second-order valence-electron chi connectivity index (χ2n) is 5.35. The third-order valence-electron chi connectivity index (χ3n) is 4.11. The van der Waals surface area contributed by atoms with Gasteiger partial charge in [-0.15, -0.1) is 0 Å². The minimum atomic E-state index is -0.717. The highest BCUT2D eigenvalue weighted by Gasteiger charge is 2.38. The Bertz CT molecular complexity index is 465. The molecule has 1 aromatic rings. The lowest BCUT2D eigenvalue weighted by atomic mass is 9.74. The molecular formula is C15H19F2NO. The Morgan fingerprint density at radius 1 is 1.16 bits per heavy atom. The van der Waals surface area contributed by atoms with Gasteiger partial charge in [-0.25, -0.2) is 8.78 Å². The number of nitrogens with two attached hydrogens (primary N) is 1. The van der Waals surface area contributed by atoms with Crippen LogP contribution >= 0.6 is 0 Å². The van der Waals surface area contributed by atoms with E-state index in [1.165, 1.54) is 0 Å². The van der Waals surface area contributed by atoms with Gasteiger partial charge in [-0.3, -0.25) is 4.79 Å². The summed E-state index contributed by atoms with van der Waals surface area (Å²) in [7, 11) is 0. The lowest BCUT2D eigenvalue weighted by Crippen LogP contribution is -2.38. The molecule has 0 radical (unpaired) electrons. The molecule has 0 aromatic heterocycles. The van der Waals surface area contributed by atoms with E-state index in [0.29, 0.717) is 12.8 Å². The largest absolute Gasteiger partial charge is 0.329 e. The van der Waals surface area contributed by atoms with E-state index in [1.807, 2.05) is 0 Å². The fourth-order valence-corrected chi connectivity index (χ4v) is 2.89. The van der Waals surface area contributed by atoms with Gasteiger partial charge in [0.15, 0.2) is 5.78 Å². The zero-order valence-electron chi connectivity index (χ0n) is 10.9. The maximum atomic E-state index is 13.8. The summed E-state index contributed by atoms with van der Waals surface area (Å²) >= 11 is 0. The van der Waals surface area contributed by atoms with Crippen molar-refractivity contribution in [1.82, 2.24) is 0 Å². The fraction of sp³-hybridized carbons (Fsp3) is 0.533. The standard InChI is InChI=1S/C15H19F2NO/c16-11-5-6-13(17)12(9-11)14(19)15(10-18)7-3-1-2-4-8-15/h5-6,9H,1-4,7-8,10,18H2. The Hall–Kier alpha value is -1.29. The molecule has 0 atom stereocenters. The summed E-state index contributed by atoms with van der Waals surface area (Å²) < 4.78 is 27.0. The van der Waals surface area contributed by atoms with E-state index in [0.717, 1.165) is 43.9 Å². The maximum absolute atomic E-state index is 13.8. The Morgan fingerprint density at radius 3 is 2.37 bits per heavy atom. The molecule has 0 bridgehead atoms. The van der Waals surface area contributed by atoms with Crippen molar-refractivity contribution in [2.75, 3.05) is 6.54 Å². The Kier molecular flexibility index (Phi) is 4.30. The van der Waals surface area contributed by atoms with Crippen LogP contribution in [0.25, 0.3) is 0 Å². The molecule has 19 heavy (non-hydrogen) atoms. The van der Waals surface area contributed by atoms with Gasteiger partial charge < -0.3 is 5.73 Å². The van der Waals surface area contributed by atoms with Gasteiger partial charge in [0.1, 0.15) is 11.6 Å². The molecule has 0 spiro atoms. The van der Waals surface area contributed by atoms with E-state index in [4.69, 9.17) is 5.73 Å². The molecule has 0 heterocycles. The molecule has 0 saturated heterocycles. The van der Waals surface area contributed by atoms with Gasteiger partial charge in [-0.1, -0.05) is 25.7 Å². The summed E-state index contributed by atoms with van der Waals surface area (Å²) in [5, 5.41) is 0. The molecule has 2 N–H and O–H groups in total. The number of halogens is 2. The third-order valence-corrected chi connectivity index (χ3v) is 4.11. The van der Waals surface area contributed by atoms with Crippen LogP contribution in [0.2, 0.25) is 0 Å². The monoisotopic (exact) mass is 267 g/mol. The van der Waals surface area contributed by atoms with Crippen LogP contribution in [0.1, 0.15) is 48.9 Å². The molecule has 4 heteroatoms. The number of benzene rings is 1. The van der Waals surface area contributed by atoms with E-state index in [2.05, 4.69) is 0 Å². The number of carbonyl (C=O) groups is 1. The number of ketones is 1. The number of rotatable bonds is 3. The van der Waals surface area contributed by atoms with Crippen LogP contribution in [0.5, 0.6) is 0 Å². The van der Waals surface area contributed by atoms with E-state index < -0.39 is 17.0 Å². The molecule has 1 fully saturated rings. The maximum Gasteiger partial charge on any atom is 0.173 e. The van der Waals surface area contributed by atoms with Crippen molar-refractivity contribution in [3.8, 4) is 0 Å². The van der Waals surface area contributed by atoms with Crippen molar-refractivity contribution in [3.05, 3.63) is 35.4 Å². The van der Waals surface area contributed by atoms with E-state index in [1.54, 1.807) is 0 Å². The highest BCUT2D eigenvalue weighted by Crippen LogP contribution is 2.37. The van der Waals surface area contributed by atoms with Crippen LogP contribution in [0.4, 0.5) is 8.78 Å². The highest BCUT2D eigenvalue weighted by atomic mass is 19.1. The van der Waals surface area contributed by atoms with E-state index in [9.17, 15) is 13.6 Å². The van der Waals surface area contributed by atoms with Crippen LogP contribution in [0, 0.1) is 17.0 Å². The molecule has 104 valence electrons. The average Bonchev–Trinajstić information content (AvgIpc) is 2.67. The lowest BCUT2D eigenvalue weighted by molar-refractivity contribution is 0.0769. The van der Waals surface area contributed by atoms with Crippen LogP contribution in [-0.4, -0.2) is 12.3 Å². The van der Waals surface area contributed by atoms with Gasteiger partial charge in [-0.2, -0.15) is 0 Å². The smallest absolute Gasteiger partial charge is 0.173 e. The Balaban J connectivity index is 2.36.